The number of benzene rings is 1. The molecule has 0 atom stereocenters. The van der Waals surface area contributed by atoms with Crippen LogP contribution in [0.25, 0.3) is 11.1 Å². The summed E-state index contributed by atoms with van der Waals surface area (Å²) in [5.41, 5.74) is 1.85. The fourth-order valence-corrected chi connectivity index (χ4v) is 1.83. The highest BCUT2D eigenvalue weighted by atomic mass is 35.5. The molecule has 0 radical (unpaired) electrons. The second-order valence-electron chi connectivity index (χ2n) is 3.25. The smallest absolute Gasteiger partial charge is 0.152 e. The molecule has 0 spiro atoms. The molecule has 1 aromatic carbocycles. The molecule has 0 bridgehead atoms. The lowest BCUT2D eigenvalue weighted by Gasteiger charge is -2.10. The van der Waals surface area contributed by atoms with Crippen LogP contribution in [0.2, 0.25) is 5.15 Å². The van der Waals surface area contributed by atoms with E-state index in [1.54, 1.807) is 37.5 Å². The summed E-state index contributed by atoms with van der Waals surface area (Å²) < 4.78 is 13.6. The van der Waals surface area contributed by atoms with Crippen LogP contribution in [0.3, 0.4) is 0 Å². The molecule has 0 amide bonds. The minimum absolute atomic E-state index is 0.277. The van der Waals surface area contributed by atoms with Gasteiger partial charge in [0.05, 0.1) is 5.69 Å². The van der Waals surface area contributed by atoms with E-state index < -0.39 is 0 Å². The van der Waals surface area contributed by atoms with Crippen molar-refractivity contribution in [1.29, 1.82) is 0 Å². The summed E-state index contributed by atoms with van der Waals surface area (Å²) in [5.74, 6) is -0.277. The number of anilines is 1. The van der Waals surface area contributed by atoms with Crippen molar-refractivity contribution in [1.82, 2.24) is 4.98 Å². The molecule has 0 aliphatic carbocycles. The molecule has 0 saturated carbocycles. The molecule has 82 valence electrons. The van der Waals surface area contributed by atoms with Gasteiger partial charge in [-0.3, -0.25) is 0 Å². The van der Waals surface area contributed by atoms with Crippen LogP contribution in [0.1, 0.15) is 0 Å². The summed E-state index contributed by atoms with van der Waals surface area (Å²) >= 11 is 5.94. The van der Waals surface area contributed by atoms with E-state index in [1.165, 1.54) is 6.07 Å². The van der Waals surface area contributed by atoms with E-state index in [1.807, 2.05) is 0 Å². The van der Waals surface area contributed by atoms with E-state index in [9.17, 15) is 4.39 Å². The minimum atomic E-state index is -0.277. The SMILES string of the molecule is CNc1c(-c2ccccc2F)ccnc1Cl. The highest BCUT2D eigenvalue weighted by Crippen LogP contribution is 2.33. The fraction of sp³-hybridized carbons (Fsp3) is 0.0833. The molecule has 0 unspecified atom stereocenters. The van der Waals surface area contributed by atoms with E-state index in [0.29, 0.717) is 22.0 Å². The molecule has 2 nitrogen and oxygen atoms in total. The highest BCUT2D eigenvalue weighted by molar-refractivity contribution is 6.32. The maximum Gasteiger partial charge on any atom is 0.152 e. The van der Waals surface area contributed by atoms with Gasteiger partial charge in [-0.2, -0.15) is 0 Å². The van der Waals surface area contributed by atoms with Crippen molar-refractivity contribution < 1.29 is 4.39 Å². The largest absolute Gasteiger partial charge is 0.385 e. The maximum absolute atomic E-state index is 13.6. The van der Waals surface area contributed by atoms with Gasteiger partial charge < -0.3 is 5.32 Å². The molecule has 4 heteroatoms. The Kier molecular flexibility index (Phi) is 3.06. The van der Waals surface area contributed by atoms with Crippen molar-refractivity contribution >= 4 is 17.3 Å². The molecule has 0 fully saturated rings. The topological polar surface area (TPSA) is 24.9 Å². The van der Waals surface area contributed by atoms with E-state index in [2.05, 4.69) is 10.3 Å². The summed E-state index contributed by atoms with van der Waals surface area (Å²) in [7, 11) is 1.73. The lowest BCUT2D eigenvalue weighted by Crippen LogP contribution is -1.96. The van der Waals surface area contributed by atoms with Gasteiger partial charge in [-0.15, -0.1) is 0 Å². The van der Waals surface area contributed by atoms with Crippen LogP contribution in [-0.2, 0) is 0 Å². The van der Waals surface area contributed by atoms with Crippen molar-refractivity contribution in [3.8, 4) is 11.1 Å². The van der Waals surface area contributed by atoms with Crippen molar-refractivity contribution in [3.63, 3.8) is 0 Å². The van der Waals surface area contributed by atoms with E-state index in [-0.39, 0.29) is 5.82 Å². The molecule has 16 heavy (non-hydrogen) atoms. The molecule has 2 rings (SSSR count). The molecule has 1 aromatic heterocycles. The Morgan fingerprint density at radius 3 is 2.62 bits per heavy atom. The normalized spacial score (nSPS) is 10.2. The Labute approximate surface area is 98.1 Å². The molecule has 0 aliphatic rings. The van der Waals surface area contributed by atoms with Crippen LogP contribution < -0.4 is 5.32 Å². The van der Waals surface area contributed by atoms with Gasteiger partial charge in [-0.1, -0.05) is 29.8 Å². The number of hydrogen-bond donors (Lipinski definition) is 1. The Balaban J connectivity index is 2.65. The zero-order chi connectivity index (χ0) is 11.5. The predicted molar refractivity (Wildman–Crippen MR) is 64.2 cm³/mol. The Hall–Kier alpha value is -1.61. The minimum Gasteiger partial charge on any atom is -0.385 e. The first-order chi connectivity index (χ1) is 7.74. The standard InChI is InChI=1S/C12H10ClFN2/c1-15-11-9(6-7-16-12(11)13)8-4-2-3-5-10(8)14/h2-7,15H,1H3. The van der Waals surface area contributed by atoms with Crippen LogP contribution >= 0.6 is 11.6 Å². The van der Waals surface area contributed by atoms with Gasteiger partial charge in [0.25, 0.3) is 0 Å². The van der Waals surface area contributed by atoms with E-state index >= 15 is 0 Å². The van der Waals surface area contributed by atoms with Gasteiger partial charge in [0, 0.05) is 24.4 Å². The van der Waals surface area contributed by atoms with Crippen molar-refractivity contribution in [2.45, 2.75) is 0 Å². The average molecular weight is 237 g/mol. The number of nitrogens with zero attached hydrogens (tertiary/aromatic N) is 1. The fourth-order valence-electron chi connectivity index (χ4n) is 1.58. The summed E-state index contributed by atoms with van der Waals surface area (Å²) in [6, 6.07) is 8.30. The first-order valence-corrected chi connectivity index (χ1v) is 5.19. The molecule has 1 N–H and O–H groups in total. The summed E-state index contributed by atoms with van der Waals surface area (Å²) in [6.07, 6.45) is 1.56. The van der Waals surface area contributed by atoms with Crippen molar-refractivity contribution in [3.05, 3.63) is 47.5 Å². The number of nitrogens with one attached hydrogen (secondary N) is 1. The van der Waals surface area contributed by atoms with Crippen LogP contribution in [0.5, 0.6) is 0 Å². The number of pyridine rings is 1. The molecule has 0 aliphatic heterocycles. The third-order valence-corrected chi connectivity index (χ3v) is 2.61. The van der Waals surface area contributed by atoms with Crippen LogP contribution in [0.4, 0.5) is 10.1 Å². The van der Waals surface area contributed by atoms with Crippen molar-refractivity contribution in [2.75, 3.05) is 12.4 Å². The van der Waals surface area contributed by atoms with Crippen molar-refractivity contribution in [2.24, 2.45) is 0 Å². The van der Waals surface area contributed by atoms with Gasteiger partial charge in [0.2, 0.25) is 0 Å². The van der Waals surface area contributed by atoms with Gasteiger partial charge in [0.1, 0.15) is 5.82 Å². The van der Waals surface area contributed by atoms with Crippen LogP contribution in [-0.4, -0.2) is 12.0 Å². The summed E-state index contributed by atoms with van der Waals surface area (Å²) in [6.45, 7) is 0. The third kappa shape index (κ3) is 1.86. The van der Waals surface area contributed by atoms with E-state index in [0.717, 1.165) is 0 Å². The van der Waals surface area contributed by atoms with Crippen LogP contribution in [0.15, 0.2) is 36.5 Å². The lowest BCUT2D eigenvalue weighted by atomic mass is 10.1. The number of hydrogen-bond acceptors (Lipinski definition) is 2. The molecule has 1 heterocycles. The van der Waals surface area contributed by atoms with Crippen LogP contribution in [0, 0.1) is 5.82 Å². The predicted octanol–water partition coefficient (Wildman–Crippen LogP) is 3.58. The third-order valence-electron chi connectivity index (χ3n) is 2.32. The van der Waals surface area contributed by atoms with Gasteiger partial charge in [-0.05, 0) is 12.1 Å². The Morgan fingerprint density at radius 1 is 1.19 bits per heavy atom. The van der Waals surface area contributed by atoms with Gasteiger partial charge in [-0.25, -0.2) is 9.37 Å². The van der Waals surface area contributed by atoms with Gasteiger partial charge in [0.15, 0.2) is 5.15 Å². The first kappa shape index (κ1) is 10.9. The Morgan fingerprint density at radius 2 is 1.94 bits per heavy atom. The zero-order valence-corrected chi connectivity index (χ0v) is 9.42. The molecule has 0 saturated heterocycles. The van der Waals surface area contributed by atoms with Gasteiger partial charge >= 0.3 is 0 Å². The molecular weight excluding hydrogens is 227 g/mol. The molecular formula is C12H10ClFN2. The highest BCUT2D eigenvalue weighted by Gasteiger charge is 2.11. The summed E-state index contributed by atoms with van der Waals surface area (Å²) in [4.78, 5) is 3.95. The zero-order valence-electron chi connectivity index (χ0n) is 8.67. The Bertz CT molecular complexity index is 514. The lowest BCUT2D eigenvalue weighted by molar-refractivity contribution is 0.631. The van der Waals surface area contributed by atoms with E-state index in [4.69, 9.17) is 11.6 Å². The molecule has 2 aromatic rings. The average Bonchev–Trinajstić information content (AvgIpc) is 2.29. The maximum atomic E-state index is 13.6. The monoisotopic (exact) mass is 236 g/mol. The number of halogens is 2. The first-order valence-electron chi connectivity index (χ1n) is 4.81. The number of rotatable bonds is 2. The summed E-state index contributed by atoms with van der Waals surface area (Å²) in [5, 5.41) is 3.26. The second kappa shape index (κ2) is 4.49. The quantitative estimate of drug-likeness (QED) is 0.807. The second-order valence-corrected chi connectivity index (χ2v) is 3.61. The number of aromatic nitrogens is 1.